The third-order valence-corrected chi connectivity index (χ3v) is 4.49. The van der Waals surface area contributed by atoms with E-state index in [1.807, 2.05) is 32.9 Å². The van der Waals surface area contributed by atoms with Crippen molar-refractivity contribution in [1.29, 1.82) is 0 Å². The van der Waals surface area contributed by atoms with Crippen molar-refractivity contribution in [3.05, 3.63) is 40.4 Å². The van der Waals surface area contributed by atoms with Crippen LogP contribution in [0.15, 0.2) is 29.3 Å². The molecule has 0 amide bonds. The fourth-order valence-electron chi connectivity index (χ4n) is 2.77. The lowest BCUT2D eigenvalue weighted by molar-refractivity contribution is 0.288. The molecule has 8 heteroatoms. The van der Waals surface area contributed by atoms with E-state index in [-0.39, 0.29) is 11.1 Å². The zero-order valence-electron chi connectivity index (χ0n) is 15.8. The van der Waals surface area contributed by atoms with Crippen molar-refractivity contribution >= 4 is 17.0 Å². The van der Waals surface area contributed by atoms with Crippen molar-refractivity contribution in [2.75, 3.05) is 11.9 Å². The molecule has 27 heavy (non-hydrogen) atoms. The van der Waals surface area contributed by atoms with E-state index in [1.165, 1.54) is 12.8 Å². The largest absolute Gasteiger partial charge is 0.477 e. The van der Waals surface area contributed by atoms with Gasteiger partial charge in [0, 0.05) is 18.8 Å². The molecule has 0 saturated heterocycles. The molecule has 1 aliphatic rings. The van der Waals surface area contributed by atoms with Gasteiger partial charge in [-0.05, 0) is 45.1 Å². The van der Waals surface area contributed by atoms with Crippen LogP contribution in [0.1, 0.15) is 39.2 Å². The van der Waals surface area contributed by atoms with Crippen LogP contribution in [0.4, 0.5) is 5.95 Å². The number of nitrogens with one attached hydrogen (secondary N) is 2. The van der Waals surface area contributed by atoms with Gasteiger partial charge in [0.15, 0.2) is 5.65 Å². The molecule has 0 aromatic carbocycles. The first-order valence-corrected chi connectivity index (χ1v) is 9.20. The van der Waals surface area contributed by atoms with E-state index in [0.717, 1.165) is 12.2 Å². The van der Waals surface area contributed by atoms with Crippen LogP contribution in [0.3, 0.4) is 0 Å². The Morgan fingerprint density at radius 2 is 2.11 bits per heavy atom. The normalized spacial score (nSPS) is 14.5. The highest BCUT2D eigenvalue weighted by Gasteiger charge is 2.22. The first-order chi connectivity index (χ1) is 12.9. The minimum atomic E-state index is -0.264. The van der Waals surface area contributed by atoms with Gasteiger partial charge in [-0.3, -0.25) is 9.78 Å². The molecule has 4 rings (SSSR count). The standard InChI is InChI=1S/C19H24N6O2/c1-19(2,3)25-16-14(10-22-25)17(26)24-18(23-16)21-9-13-6-7-15(20-8-13)27-11-12-4-5-12/h6-8,10,12H,4-5,9,11H2,1-3H3,(H2,21,23,24,26). The summed E-state index contributed by atoms with van der Waals surface area (Å²) in [6.07, 6.45) is 5.84. The van der Waals surface area contributed by atoms with Gasteiger partial charge in [0.05, 0.1) is 18.3 Å². The second kappa shape index (κ2) is 6.68. The number of rotatable bonds is 6. The first kappa shape index (κ1) is 17.5. The van der Waals surface area contributed by atoms with E-state index in [4.69, 9.17) is 4.74 Å². The molecular formula is C19H24N6O2. The number of fused-ring (bicyclic) bond motifs is 1. The summed E-state index contributed by atoms with van der Waals surface area (Å²) in [7, 11) is 0. The van der Waals surface area contributed by atoms with E-state index < -0.39 is 0 Å². The van der Waals surface area contributed by atoms with Crippen LogP contribution in [-0.4, -0.2) is 31.3 Å². The van der Waals surface area contributed by atoms with Crippen LogP contribution in [0.2, 0.25) is 0 Å². The minimum Gasteiger partial charge on any atom is -0.477 e. The molecule has 0 aliphatic heterocycles. The highest BCUT2D eigenvalue weighted by Crippen LogP contribution is 2.29. The molecule has 8 nitrogen and oxygen atoms in total. The Kier molecular flexibility index (Phi) is 4.33. The lowest BCUT2D eigenvalue weighted by Crippen LogP contribution is -2.24. The Labute approximate surface area is 157 Å². The number of aromatic nitrogens is 5. The number of H-pyrrole nitrogens is 1. The van der Waals surface area contributed by atoms with Crippen LogP contribution < -0.4 is 15.6 Å². The lowest BCUT2D eigenvalue weighted by atomic mass is 10.1. The Hall–Kier alpha value is -2.90. The maximum Gasteiger partial charge on any atom is 0.263 e. The van der Waals surface area contributed by atoms with Crippen molar-refractivity contribution in [3.63, 3.8) is 0 Å². The Morgan fingerprint density at radius 1 is 1.30 bits per heavy atom. The molecule has 0 radical (unpaired) electrons. The molecule has 142 valence electrons. The van der Waals surface area contributed by atoms with E-state index in [9.17, 15) is 4.79 Å². The molecule has 3 aromatic heterocycles. The van der Waals surface area contributed by atoms with Gasteiger partial charge in [-0.25, -0.2) is 9.67 Å². The average Bonchev–Trinajstić information content (AvgIpc) is 3.34. The number of nitrogens with zero attached hydrogens (tertiary/aromatic N) is 4. The van der Waals surface area contributed by atoms with Crippen LogP contribution in [0, 0.1) is 5.92 Å². The average molecular weight is 368 g/mol. The van der Waals surface area contributed by atoms with Gasteiger partial charge in [0.25, 0.3) is 5.56 Å². The number of hydrogen-bond donors (Lipinski definition) is 2. The van der Waals surface area contributed by atoms with E-state index in [1.54, 1.807) is 17.1 Å². The predicted octanol–water partition coefficient (Wildman–Crippen LogP) is 2.67. The van der Waals surface area contributed by atoms with Crippen molar-refractivity contribution in [3.8, 4) is 5.88 Å². The Bertz CT molecular complexity index is 996. The van der Waals surface area contributed by atoms with E-state index in [0.29, 0.717) is 35.3 Å². The molecule has 1 fully saturated rings. The van der Waals surface area contributed by atoms with Crippen molar-refractivity contribution in [2.24, 2.45) is 5.92 Å². The summed E-state index contributed by atoms with van der Waals surface area (Å²) >= 11 is 0. The fraction of sp³-hybridized carbons (Fsp3) is 0.474. The van der Waals surface area contributed by atoms with E-state index >= 15 is 0 Å². The highest BCUT2D eigenvalue weighted by molar-refractivity contribution is 5.74. The van der Waals surface area contributed by atoms with Crippen molar-refractivity contribution in [2.45, 2.75) is 45.7 Å². The molecule has 1 aliphatic carbocycles. The summed E-state index contributed by atoms with van der Waals surface area (Å²) in [5, 5.41) is 7.95. The molecule has 1 saturated carbocycles. The van der Waals surface area contributed by atoms with Crippen LogP contribution in [0.25, 0.3) is 11.0 Å². The third kappa shape index (κ3) is 3.94. The SMILES string of the molecule is CC(C)(C)n1ncc2c(=O)[nH]c(NCc3ccc(OCC4CC4)nc3)nc21. The van der Waals surface area contributed by atoms with Gasteiger partial charge in [-0.1, -0.05) is 6.07 Å². The maximum atomic E-state index is 12.3. The highest BCUT2D eigenvalue weighted by atomic mass is 16.5. The van der Waals surface area contributed by atoms with E-state index in [2.05, 4.69) is 25.4 Å². The number of ether oxygens (including phenoxy) is 1. The summed E-state index contributed by atoms with van der Waals surface area (Å²) < 4.78 is 7.41. The van der Waals surface area contributed by atoms with Crippen molar-refractivity contribution < 1.29 is 4.74 Å². The van der Waals surface area contributed by atoms with Gasteiger partial charge in [0.1, 0.15) is 5.39 Å². The van der Waals surface area contributed by atoms with Crippen molar-refractivity contribution in [1.82, 2.24) is 24.7 Å². The monoisotopic (exact) mass is 368 g/mol. The summed E-state index contributed by atoms with van der Waals surface area (Å²) in [6.45, 7) is 7.31. The maximum absolute atomic E-state index is 12.3. The molecule has 3 heterocycles. The predicted molar refractivity (Wildman–Crippen MR) is 103 cm³/mol. The molecule has 0 bridgehead atoms. The second-order valence-corrected chi connectivity index (χ2v) is 7.99. The summed E-state index contributed by atoms with van der Waals surface area (Å²) in [4.78, 5) is 23.9. The third-order valence-electron chi connectivity index (χ3n) is 4.49. The molecule has 3 aromatic rings. The smallest absolute Gasteiger partial charge is 0.263 e. The van der Waals surface area contributed by atoms with Gasteiger partial charge in [-0.2, -0.15) is 10.1 Å². The quantitative estimate of drug-likeness (QED) is 0.694. The Morgan fingerprint density at radius 3 is 2.78 bits per heavy atom. The molecular weight excluding hydrogens is 344 g/mol. The van der Waals surface area contributed by atoms with Crippen LogP contribution in [-0.2, 0) is 12.1 Å². The summed E-state index contributed by atoms with van der Waals surface area (Å²) in [6, 6.07) is 3.83. The fourth-order valence-corrected chi connectivity index (χ4v) is 2.77. The van der Waals surface area contributed by atoms with Crippen LogP contribution in [0.5, 0.6) is 5.88 Å². The van der Waals surface area contributed by atoms with Gasteiger partial charge >= 0.3 is 0 Å². The number of anilines is 1. The number of hydrogen-bond acceptors (Lipinski definition) is 6. The molecule has 0 unspecified atom stereocenters. The first-order valence-electron chi connectivity index (χ1n) is 9.20. The van der Waals surface area contributed by atoms with Crippen LogP contribution >= 0.6 is 0 Å². The second-order valence-electron chi connectivity index (χ2n) is 7.99. The minimum absolute atomic E-state index is 0.208. The summed E-state index contributed by atoms with van der Waals surface area (Å²) in [5.41, 5.74) is 1.07. The molecule has 0 spiro atoms. The zero-order chi connectivity index (χ0) is 19.0. The lowest BCUT2D eigenvalue weighted by Gasteiger charge is -2.19. The number of pyridine rings is 1. The number of aromatic amines is 1. The zero-order valence-corrected chi connectivity index (χ0v) is 15.8. The molecule has 2 N–H and O–H groups in total. The van der Waals surface area contributed by atoms with Gasteiger partial charge in [-0.15, -0.1) is 0 Å². The summed E-state index contributed by atoms with van der Waals surface area (Å²) in [5.74, 6) is 1.76. The van der Waals surface area contributed by atoms with Gasteiger partial charge < -0.3 is 10.1 Å². The Balaban J connectivity index is 1.47. The topological polar surface area (TPSA) is 97.7 Å². The van der Waals surface area contributed by atoms with Gasteiger partial charge in [0.2, 0.25) is 11.8 Å². The molecule has 0 atom stereocenters.